The summed E-state index contributed by atoms with van der Waals surface area (Å²) in [6, 6.07) is 0. The maximum Gasteiger partial charge on any atom is 0.115 e. The molecule has 20 heavy (non-hydrogen) atoms. The second-order valence-electron chi connectivity index (χ2n) is 6.98. The molecule has 2 heterocycles. The average molecular weight is 273 g/mol. The Bertz CT molecular complexity index is 592. The summed E-state index contributed by atoms with van der Waals surface area (Å²) < 4.78 is 1.74. The lowest BCUT2D eigenvalue weighted by atomic mass is 9.79. The zero-order chi connectivity index (χ0) is 15.0. The SMILES string of the molecule is Cn1cc(C(C)(C)Cc2cncnc2C(C)(C)C)nn1. The molecule has 5 heteroatoms. The van der Waals surface area contributed by atoms with E-state index < -0.39 is 0 Å². The quantitative estimate of drug-likeness (QED) is 0.862. The summed E-state index contributed by atoms with van der Waals surface area (Å²) in [4.78, 5) is 8.67. The fourth-order valence-corrected chi connectivity index (χ4v) is 2.39. The van der Waals surface area contributed by atoms with E-state index in [9.17, 15) is 0 Å². The Morgan fingerprint density at radius 2 is 1.85 bits per heavy atom. The molecule has 0 N–H and O–H groups in total. The van der Waals surface area contributed by atoms with E-state index in [0.717, 1.165) is 17.8 Å². The number of hydrogen-bond acceptors (Lipinski definition) is 4. The summed E-state index contributed by atoms with van der Waals surface area (Å²) in [7, 11) is 1.89. The van der Waals surface area contributed by atoms with Gasteiger partial charge in [0.1, 0.15) is 6.33 Å². The van der Waals surface area contributed by atoms with E-state index in [4.69, 9.17) is 0 Å². The largest absolute Gasteiger partial charge is 0.255 e. The molecule has 0 radical (unpaired) electrons. The van der Waals surface area contributed by atoms with Crippen molar-refractivity contribution in [3.63, 3.8) is 0 Å². The van der Waals surface area contributed by atoms with Crippen molar-refractivity contribution < 1.29 is 0 Å². The lowest BCUT2D eigenvalue weighted by Crippen LogP contribution is -2.25. The van der Waals surface area contributed by atoms with Crippen LogP contribution >= 0.6 is 0 Å². The molecule has 0 amide bonds. The zero-order valence-corrected chi connectivity index (χ0v) is 13.2. The smallest absolute Gasteiger partial charge is 0.115 e. The molecule has 0 unspecified atom stereocenters. The van der Waals surface area contributed by atoms with Gasteiger partial charge in [0.2, 0.25) is 0 Å². The third-order valence-corrected chi connectivity index (χ3v) is 3.43. The number of nitrogens with zero attached hydrogens (tertiary/aromatic N) is 5. The van der Waals surface area contributed by atoms with Gasteiger partial charge < -0.3 is 0 Å². The van der Waals surface area contributed by atoms with Gasteiger partial charge in [-0.1, -0.05) is 39.8 Å². The Morgan fingerprint density at radius 3 is 2.40 bits per heavy atom. The van der Waals surface area contributed by atoms with Crippen LogP contribution < -0.4 is 0 Å². The first kappa shape index (κ1) is 14.6. The number of aromatic nitrogens is 5. The topological polar surface area (TPSA) is 56.5 Å². The normalized spacial score (nSPS) is 12.7. The molecule has 0 saturated carbocycles. The Hall–Kier alpha value is -1.78. The van der Waals surface area contributed by atoms with E-state index in [-0.39, 0.29) is 10.8 Å². The van der Waals surface area contributed by atoms with Crippen LogP contribution in [0, 0.1) is 0 Å². The predicted octanol–water partition coefficient (Wildman–Crippen LogP) is 2.42. The summed E-state index contributed by atoms with van der Waals surface area (Å²) in [6.07, 6.45) is 6.37. The van der Waals surface area contributed by atoms with Crippen molar-refractivity contribution in [2.45, 2.75) is 51.9 Å². The number of rotatable bonds is 3. The predicted molar refractivity (Wildman–Crippen MR) is 78.5 cm³/mol. The molecule has 0 fully saturated rings. The van der Waals surface area contributed by atoms with Crippen LogP contribution in [0.15, 0.2) is 18.7 Å². The lowest BCUT2D eigenvalue weighted by Gasteiger charge is -2.26. The van der Waals surface area contributed by atoms with Crippen LogP contribution in [0.5, 0.6) is 0 Å². The van der Waals surface area contributed by atoms with Crippen LogP contribution in [0.25, 0.3) is 0 Å². The van der Waals surface area contributed by atoms with Crippen LogP contribution in [0.2, 0.25) is 0 Å². The number of hydrogen-bond donors (Lipinski definition) is 0. The van der Waals surface area contributed by atoms with Gasteiger partial charge in [-0.15, -0.1) is 5.10 Å². The van der Waals surface area contributed by atoms with Crippen LogP contribution in [-0.4, -0.2) is 25.0 Å². The van der Waals surface area contributed by atoms with Gasteiger partial charge in [0.05, 0.1) is 11.4 Å². The van der Waals surface area contributed by atoms with E-state index in [1.165, 1.54) is 5.56 Å². The van der Waals surface area contributed by atoms with Gasteiger partial charge in [-0.05, 0) is 12.0 Å². The van der Waals surface area contributed by atoms with Crippen LogP contribution in [0.4, 0.5) is 0 Å². The van der Waals surface area contributed by atoms with Gasteiger partial charge in [0.25, 0.3) is 0 Å². The van der Waals surface area contributed by atoms with Gasteiger partial charge in [-0.25, -0.2) is 9.97 Å². The maximum absolute atomic E-state index is 4.48. The van der Waals surface area contributed by atoms with E-state index in [2.05, 4.69) is 54.9 Å². The lowest BCUT2D eigenvalue weighted by molar-refractivity contribution is 0.485. The van der Waals surface area contributed by atoms with Gasteiger partial charge in [0, 0.05) is 30.3 Å². The zero-order valence-electron chi connectivity index (χ0n) is 13.2. The first-order valence-corrected chi connectivity index (χ1v) is 6.86. The fraction of sp³-hybridized carbons (Fsp3) is 0.600. The summed E-state index contributed by atoms with van der Waals surface area (Å²) in [5.41, 5.74) is 3.18. The van der Waals surface area contributed by atoms with Crippen LogP contribution in [0.3, 0.4) is 0 Å². The van der Waals surface area contributed by atoms with Crippen molar-refractivity contribution >= 4 is 0 Å². The summed E-state index contributed by atoms with van der Waals surface area (Å²) in [5, 5.41) is 8.28. The number of aryl methyl sites for hydroxylation is 1. The summed E-state index contributed by atoms with van der Waals surface area (Å²) in [5.74, 6) is 0. The van der Waals surface area contributed by atoms with Crippen LogP contribution in [0.1, 0.15) is 51.6 Å². The highest BCUT2D eigenvalue weighted by molar-refractivity contribution is 5.27. The molecule has 2 aromatic heterocycles. The third kappa shape index (κ3) is 3.03. The van der Waals surface area contributed by atoms with Crippen molar-refractivity contribution in [3.05, 3.63) is 35.7 Å². The van der Waals surface area contributed by atoms with E-state index in [0.29, 0.717) is 0 Å². The molecular weight excluding hydrogens is 250 g/mol. The molecule has 2 rings (SSSR count). The highest BCUT2D eigenvalue weighted by Crippen LogP contribution is 2.30. The summed E-state index contributed by atoms with van der Waals surface area (Å²) in [6.45, 7) is 10.9. The minimum absolute atomic E-state index is 0.0106. The van der Waals surface area contributed by atoms with Crippen molar-refractivity contribution in [3.8, 4) is 0 Å². The molecule has 0 atom stereocenters. The molecule has 0 aliphatic rings. The van der Waals surface area contributed by atoms with Crippen molar-refractivity contribution in [2.75, 3.05) is 0 Å². The van der Waals surface area contributed by atoms with Crippen molar-refractivity contribution in [2.24, 2.45) is 7.05 Å². The Balaban J connectivity index is 2.35. The third-order valence-electron chi connectivity index (χ3n) is 3.43. The molecule has 0 aromatic carbocycles. The maximum atomic E-state index is 4.48. The first-order valence-electron chi connectivity index (χ1n) is 6.86. The average Bonchev–Trinajstić information content (AvgIpc) is 2.75. The molecule has 108 valence electrons. The second kappa shape index (κ2) is 4.96. The Kier molecular flexibility index (Phi) is 3.63. The molecule has 5 nitrogen and oxygen atoms in total. The first-order chi connectivity index (χ1) is 9.20. The second-order valence-corrected chi connectivity index (χ2v) is 6.98. The molecule has 2 aromatic rings. The Morgan fingerprint density at radius 1 is 1.15 bits per heavy atom. The van der Waals surface area contributed by atoms with E-state index in [1.807, 2.05) is 19.4 Å². The van der Waals surface area contributed by atoms with Crippen molar-refractivity contribution in [1.82, 2.24) is 25.0 Å². The fourth-order valence-electron chi connectivity index (χ4n) is 2.39. The molecule has 0 aliphatic carbocycles. The monoisotopic (exact) mass is 273 g/mol. The Labute approximate surface area is 120 Å². The molecule has 0 aliphatic heterocycles. The van der Waals surface area contributed by atoms with Gasteiger partial charge in [-0.3, -0.25) is 4.68 Å². The van der Waals surface area contributed by atoms with Crippen LogP contribution in [-0.2, 0) is 24.3 Å². The molecule has 0 spiro atoms. The molecule has 0 bridgehead atoms. The highest BCUT2D eigenvalue weighted by atomic mass is 15.4. The van der Waals surface area contributed by atoms with Crippen molar-refractivity contribution in [1.29, 1.82) is 0 Å². The standard InChI is InChI=1S/C15H23N5/c1-14(2,3)13-11(8-16-10-17-13)7-15(4,5)12-9-20(6)19-18-12/h8-10H,7H2,1-6H3. The van der Waals surface area contributed by atoms with Gasteiger partial charge in [0.15, 0.2) is 0 Å². The van der Waals surface area contributed by atoms with E-state index >= 15 is 0 Å². The minimum Gasteiger partial charge on any atom is -0.255 e. The van der Waals surface area contributed by atoms with Gasteiger partial charge >= 0.3 is 0 Å². The molecular formula is C15H23N5. The van der Waals surface area contributed by atoms with E-state index in [1.54, 1.807) is 11.0 Å². The molecule has 0 saturated heterocycles. The highest BCUT2D eigenvalue weighted by Gasteiger charge is 2.28. The summed E-state index contributed by atoms with van der Waals surface area (Å²) >= 11 is 0. The van der Waals surface area contributed by atoms with Gasteiger partial charge in [-0.2, -0.15) is 0 Å². The minimum atomic E-state index is -0.0982.